The molecule has 0 spiro atoms. The second-order valence-corrected chi connectivity index (χ2v) is 6.92. The van der Waals surface area contributed by atoms with Gasteiger partial charge in [0, 0.05) is 29.1 Å². The highest BCUT2D eigenvalue weighted by Crippen LogP contribution is 2.29. The second kappa shape index (κ2) is 6.23. The molecule has 122 valence electrons. The fourth-order valence-electron chi connectivity index (χ4n) is 3.37. The summed E-state index contributed by atoms with van der Waals surface area (Å²) < 4.78 is 5.58. The van der Waals surface area contributed by atoms with Gasteiger partial charge >= 0.3 is 0 Å². The van der Waals surface area contributed by atoms with Gasteiger partial charge in [-0.2, -0.15) is 10.2 Å². The molecule has 1 amide bonds. The Hall–Kier alpha value is -2.43. The minimum Gasteiger partial charge on any atom is -0.431 e. The third-order valence-corrected chi connectivity index (χ3v) is 5.25. The van der Waals surface area contributed by atoms with E-state index in [2.05, 4.69) is 15.6 Å². The van der Waals surface area contributed by atoms with E-state index in [4.69, 9.17) is 10.00 Å². The molecule has 2 N–H and O–H groups in total. The van der Waals surface area contributed by atoms with E-state index in [9.17, 15) is 4.79 Å². The van der Waals surface area contributed by atoms with Crippen LogP contribution >= 0.6 is 11.3 Å². The molecule has 0 aliphatic carbocycles. The number of aromatic nitrogens is 1. The largest absolute Gasteiger partial charge is 0.431 e. The van der Waals surface area contributed by atoms with Gasteiger partial charge in [-0.1, -0.05) is 11.3 Å². The standard InChI is InChI=1S/C17H16N4O2S/c18-8-12-9-24-17(20-12)23-13-4-1-10(2-5-13)16(22)21-15-7-11-3-6-14(15)19-11/h1-2,4-5,9,11,14-15,19H,3,6-7H2,(H,21,22)/t11-,14+,15-/m1/s1. The Morgan fingerprint density at radius 3 is 2.83 bits per heavy atom. The highest BCUT2D eigenvalue weighted by molar-refractivity contribution is 7.11. The minimum absolute atomic E-state index is 0.0538. The quantitative estimate of drug-likeness (QED) is 0.892. The van der Waals surface area contributed by atoms with Gasteiger partial charge in [0.15, 0.2) is 5.69 Å². The maximum Gasteiger partial charge on any atom is 0.279 e. The molecule has 2 aromatic rings. The van der Waals surface area contributed by atoms with Crippen LogP contribution in [0.5, 0.6) is 10.9 Å². The van der Waals surface area contributed by atoms with Gasteiger partial charge in [0.05, 0.1) is 0 Å². The number of nitriles is 1. The van der Waals surface area contributed by atoms with Crippen molar-refractivity contribution < 1.29 is 9.53 Å². The summed E-state index contributed by atoms with van der Waals surface area (Å²) in [4.78, 5) is 16.4. The average Bonchev–Trinajstić information content (AvgIpc) is 3.32. The number of fused-ring (bicyclic) bond motifs is 2. The molecule has 7 heteroatoms. The van der Waals surface area contributed by atoms with Crippen LogP contribution in [0.2, 0.25) is 0 Å². The van der Waals surface area contributed by atoms with E-state index >= 15 is 0 Å². The SMILES string of the molecule is N#Cc1csc(Oc2ccc(C(=O)N[C@@H]3C[C@H]4CC[C@@H]3N4)cc2)n1. The molecule has 0 radical (unpaired) electrons. The van der Waals surface area contributed by atoms with E-state index in [0.29, 0.717) is 34.3 Å². The van der Waals surface area contributed by atoms with Crippen molar-refractivity contribution in [3.05, 3.63) is 40.9 Å². The summed E-state index contributed by atoms with van der Waals surface area (Å²) in [5.74, 6) is 0.536. The Morgan fingerprint density at radius 1 is 1.38 bits per heavy atom. The van der Waals surface area contributed by atoms with E-state index in [0.717, 1.165) is 12.8 Å². The summed E-state index contributed by atoms with van der Waals surface area (Å²) in [6.07, 6.45) is 3.37. The van der Waals surface area contributed by atoms with E-state index < -0.39 is 0 Å². The Balaban J connectivity index is 1.38. The normalized spacial score (nSPS) is 24.5. The second-order valence-electron chi connectivity index (χ2n) is 6.10. The zero-order valence-electron chi connectivity index (χ0n) is 12.9. The number of hydrogen-bond acceptors (Lipinski definition) is 6. The van der Waals surface area contributed by atoms with Crippen LogP contribution in [0.15, 0.2) is 29.6 Å². The van der Waals surface area contributed by atoms with Crippen molar-refractivity contribution in [1.29, 1.82) is 5.26 Å². The van der Waals surface area contributed by atoms with Gasteiger partial charge in [-0.05, 0) is 43.5 Å². The summed E-state index contributed by atoms with van der Waals surface area (Å²) >= 11 is 1.27. The van der Waals surface area contributed by atoms with Gasteiger partial charge < -0.3 is 15.4 Å². The maximum atomic E-state index is 12.4. The summed E-state index contributed by atoms with van der Waals surface area (Å²) in [5, 5.41) is 17.4. The van der Waals surface area contributed by atoms with Crippen LogP contribution in [-0.2, 0) is 0 Å². The number of rotatable bonds is 4. The smallest absolute Gasteiger partial charge is 0.279 e. The molecule has 3 heterocycles. The van der Waals surface area contributed by atoms with E-state index in [1.54, 1.807) is 29.6 Å². The molecule has 4 rings (SSSR count). The molecule has 2 fully saturated rings. The van der Waals surface area contributed by atoms with Crippen LogP contribution in [0.4, 0.5) is 0 Å². The highest BCUT2D eigenvalue weighted by atomic mass is 32.1. The minimum atomic E-state index is -0.0538. The molecule has 1 aromatic carbocycles. The van der Waals surface area contributed by atoms with Crippen LogP contribution < -0.4 is 15.4 Å². The summed E-state index contributed by atoms with van der Waals surface area (Å²) in [6, 6.07) is 10.1. The molecule has 6 nitrogen and oxygen atoms in total. The lowest BCUT2D eigenvalue weighted by Gasteiger charge is -2.21. The first kappa shape index (κ1) is 15.1. The number of hydrogen-bond donors (Lipinski definition) is 2. The summed E-state index contributed by atoms with van der Waals surface area (Å²) in [7, 11) is 0. The predicted octanol–water partition coefficient (Wildman–Crippen LogP) is 2.43. The first-order chi connectivity index (χ1) is 11.7. The lowest BCUT2D eigenvalue weighted by molar-refractivity contribution is 0.0931. The van der Waals surface area contributed by atoms with Crippen molar-refractivity contribution in [3.8, 4) is 17.0 Å². The molecule has 24 heavy (non-hydrogen) atoms. The Morgan fingerprint density at radius 2 is 2.21 bits per heavy atom. The number of benzene rings is 1. The number of amides is 1. The molecule has 3 atom stereocenters. The van der Waals surface area contributed by atoms with Crippen molar-refractivity contribution in [3.63, 3.8) is 0 Å². The first-order valence-electron chi connectivity index (χ1n) is 7.92. The van der Waals surface area contributed by atoms with Crippen LogP contribution in [-0.4, -0.2) is 29.0 Å². The third kappa shape index (κ3) is 2.98. The number of ether oxygens (including phenoxy) is 1. The van der Waals surface area contributed by atoms with Crippen molar-refractivity contribution in [2.75, 3.05) is 0 Å². The van der Waals surface area contributed by atoms with Gasteiger partial charge in [0.2, 0.25) is 0 Å². The highest BCUT2D eigenvalue weighted by Gasteiger charge is 2.39. The van der Waals surface area contributed by atoms with E-state index in [1.807, 2.05) is 6.07 Å². The number of carbonyl (C=O) groups excluding carboxylic acids is 1. The predicted molar refractivity (Wildman–Crippen MR) is 89.2 cm³/mol. The van der Waals surface area contributed by atoms with E-state index in [1.165, 1.54) is 17.8 Å². The molecule has 1 aromatic heterocycles. The zero-order chi connectivity index (χ0) is 16.5. The summed E-state index contributed by atoms with van der Waals surface area (Å²) in [5.41, 5.74) is 0.951. The maximum absolute atomic E-state index is 12.4. The van der Waals surface area contributed by atoms with Crippen molar-refractivity contribution in [2.45, 2.75) is 37.4 Å². The number of nitrogens with one attached hydrogen (secondary N) is 2. The average molecular weight is 340 g/mol. The molecule has 0 unspecified atom stereocenters. The van der Waals surface area contributed by atoms with Gasteiger partial charge in [0.25, 0.3) is 11.1 Å². The number of nitrogens with zero attached hydrogens (tertiary/aromatic N) is 2. The van der Waals surface area contributed by atoms with Crippen molar-refractivity contribution in [1.82, 2.24) is 15.6 Å². The lowest BCUT2D eigenvalue weighted by atomic mass is 9.95. The fourth-order valence-corrected chi connectivity index (χ4v) is 3.98. The molecular weight excluding hydrogens is 324 g/mol. The van der Waals surface area contributed by atoms with Gasteiger partial charge in [-0.15, -0.1) is 0 Å². The van der Waals surface area contributed by atoms with Crippen LogP contribution in [0, 0.1) is 11.3 Å². The third-order valence-electron chi connectivity index (χ3n) is 4.54. The molecule has 0 saturated carbocycles. The van der Waals surface area contributed by atoms with Crippen molar-refractivity contribution in [2.24, 2.45) is 0 Å². The van der Waals surface area contributed by atoms with E-state index in [-0.39, 0.29) is 11.9 Å². The number of carbonyl (C=O) groups is 1. The lowest BCUT2D eigenvalue weighted by Crippen LogP contribution is -2.42. The first-order valence-corrected chi connectivity index (χ1v) is 8.80. The van der Waals surface area contributed by atoms with Gasteiger partial charge in [-0.3, -0.25) is 4.79 Å². The molecular formula is C17H16N4O2S. The Labute approximate surface area is 143 Å². The monoisotopic (exact) mass is 340 g/mol. The molecule has 2 aliphatic heterocycles. The van der Waals surface area contributed by atoms with Crippen molar-refractivity contribution >= 4 is 17.2 Å². The van der Waals surface area contributed by atoms with Gasteiger partial charge in [0.1, 0.15) is 11.8 Å². The van der Waals surface area contributed by atoms with Gasteiger partial charge in [-0.25, -0.2) is 0 Å². The Bertz CT molecular complexity index is 796. The topological polar surface area (TPSA) is 87.0 Å². The van der Waals surface area contributed by atoms with Crippen LogP contribution in [0.25, 0.3) is 0 Å². The molecule has 2 bridgehead atoms. The molecule has 2 saturated heterocycles. The zero-order valence-corrected chi connectivity index (χ0v) is 13.7. The summed E-state index contributed by atoms with van der Waals surface area (Å²) in [6.45, 7) is 0. The molecule has 2 aliphatic rings. The number of thiazole rings is 1. The Kier molecular flexibility index (Phi) is 3.92. The van der Waals surface area contributed by atoms with Crippen LogP contribution in [0.1, 0.15) is 35.3 Å². The van der Waals surface area contributed by atoms with Crippen LogP contribution in [0.3, 0.4) is 0 Å². The fraction of sp³-hybridized carbons (Fsp3) is 0.353.